The first-order valence-electron chi connectivity index (χ1n) is 3.48. The number of alkyl halides is 2. The quantitative estimate of drug-likeness (QED) is 0.521. The lowest BCUT2D eigenvalue weighted by atomic mass is 9.89. The highest BCUT2D eigenvalue weighted by Crippen LogP contribution is 2.30. The predicted octanol–water partition coefficient (Wildman–Crippen LogP) is 2.91. The lowest BCUT2D eigenvalue weighted by Crippen LogP contribution is -2.23. The SMILES string of the molecule is CC1C[C@H](Br)CCC1F. The zero-order valence-corrected chi connectivity index (χ0v) is 7.20. The molecule has 1 fully saturated rings. The molecule has 0 nitrogen and oxygen atoms in total. The molecule has 1 aliphatic rings. The van der Waals surface area contributed by atoms with E-state index in [0.717, 1.165) is 19.3 Å². The Morgan fingerprint density at radius 1 is 1.44 bits per heavy atom. The first-order chi connectivity index (χ1) is 4.20. The number of rotatable bonds is 0. The summed E-state index contributed by atoms with van der Waals surface area (Å²) in [6.45, 7) is 1.98. The molecule has 3 atom stereocenters. The van der Waals surface area contributed by atoms with Crippen LogP contribution in [0.3, 0.4) is 0 Å². The van der Waals surface area contributed by atoms with Gasteiger partial charge in [-0.1, -0.05) is 22.9 Å². The molecule has 0 amide bonds. The standard InChI is InChI=1S/C7H12BrF/c1-5-4-6(8)2-3-7(5)9/h5-7H,2-4H2,1H3/t5?,6-,7?/m1/s1. The zero-order chi connectivity index (χ0) is 6.85. The molecule has 0 aromatic carbocycles. The number of halogens is 2. The molecule has 0 bridgehead atoms. The summed E-state index contributed by atoms with van der Waals surface area (Å²) in [5, 5.41) is 0. The molecule has 0 aromatic rings. The summed E-state index contributed by atoms with van der Waals surface area (Å²) < 4.78 is 12.7. The topological polar surface area (TPSA) is 0 Å². The Morgan fingerprint density at radius 2 is 2.11 bits per heavy atom. The lowest BCUT2D eigenvalue weighted by Gasteiger charge is -2.25. The summed E-state index contributed by atoms with van der Waals surface area (Å²) in [4.78, 5) is 0.569. The number of hydrogen-bond donors (Lipinski definition) is 0. The van der Waals surface area contributed by atoms with Gasteiger partial charge in [-0.2, -0.15) is 0 Å². The van der Waals surface area contributed by atoms with Crippen LogP contribution in [-0.2, 0) is 0 Å². The second-order valence-corrected chi connectivity index (χ2v) is 4.20. The van der Waals surface area contributed by atoms with Gasteiger partial charge in [0.1, 0.15) is 6.17 Å². The van der Waals surface area contributed by atoms with E-state index in [2.05, 4.69) is 15.9 Å². The van der Waals surface area contributed by atoms with E-state index < -0.39 is 6.17 Å². The third kappa shape index (κ3) is 1.92. The van der Waals surface area contributed by atoms with Crippen LogP contribution < -0.4 is 0 Å². The molecule has 0 N–H and O–H groups in total. The molecular weight excluding hydrogens is 183 g/mol. The molecule has 0 heterocycles. The van der Waals surface area contributed by atoms with Gasteiger partial charge >= 0.3 is 0 Å². The van der Waals surface area contributed by atoms with Gasteiger partial charge in [-0.05, 0) is 25.2 Å². The van der Waals surface area contributed by atoms with Crippen LogP contribution in [0.2, 0.25) is 0 Å². The average molecular weight is 195 g/mol. The van der Waals surface area contributed by atoms with E-state index >= 15 is 0 Å². The first kappa shape index (κ1) is 7.52. The second-order valence-electron chi connectivity index (χ2n) is 2.90. The largest absolute Gasteiger partial charge is 0.247 e. The van der Waals surface area contributed by atoms with Crippen LogP contribution in [0.1, 0.15) is 26.2 Å². The van der Waals surface area contributed by atoms with Crippen molar-refractivity contribution in [3.05, 3.63) is 0 Å². The lowest BCUT2D eigenvalue weighted by molar-refractivity contribution is 0.184. The van der Waals surface area contributed by atoms with Crippen LogP contribution in [0.15, 0.2) is 0 Å². The van der Waals surface area contributed by atoms with Gasteiger partial charge in [-0.15, -0.1) is 0 Å². The summed E-state index contributed by atoms with van der Waals surface area (Å²) in [6, 6.07) is 0. The fraction of sp³-hybridized carbons (Fsp3) is 1.00. The van der Waals surface area contributed by atoms with Gasteiger partial charge in [-0.25, -0.2) is 4.39 Å². The first-order valence-corrected chi connectivity index (χ1v) is 4.40. The molecule has 2 heteroatoms. The van der Waals surface area contributed by atoms with Crippen molar-refractivity contribution in [1.82, 2.24) is 0 Å². The van der Waals surface area contributed by atoms with E-state index in [9.17, 15) is 4.39 Å². The summed E-state index contributed by atoms with van der Waals surface area (Å²) in [5.74, 6) is 0.267. The fourth-order valence-electron chi connectivity index (χ4n) is 1.29. The van der Waals surface area contributed by atoms with Gasteiger partial charge in [0, 0.05) is 4.83 Å². The van der Waals surface area contributed by atoms with Crippen LogP contribution in [-0.4, -0.2) is 11.0 Å². The minimum absolute atomic E-state index is 0.267. The molecule has 0 spiro atoms. The maximum absolute atomic E-state index is 12.7. The maximum atomic E-state index is 12.7. The molecule has 2 unspecified atom stereocenters. The number of hydrogen-bond acceptors (Lipinski definition) is 0. The molecule has 0 radical (unpaired) electrons. The molecule has 0 aromatic heterocycles. The minimum Gasteiger partial charge on any atom is -0.247 e. The van der Waals surface area contributed by atoms with Gasteiger partial charge in [0.15, 0.2) is 0 Å². The molecule has 9 heavy (non-hydrogen) atoms. The highest BCUT2D eigenvalue weighted by Gasteiger charge is 2.25. The van der Waals surface area contributed by atoms with Crippen molar-refractivity contribution in [3.63, 3.8) is 0 Å². The van der Waals surface area contributed by atoms with E-state index in [-0.39, 0.29) is 5.92 Å². The Bertz CT molecular complexity index is 94.9. The van der Waals surface area contributed by atoms with Crippen molar-refractivity contribution in [1.29, 1.82) is 0 Å². The third-order valence-corrected chi connectivity index (χ3v) is 2.83. The van der Waals surface area contributed by atoms with E-state index in [1.165, 1.54) is 0 Å². The maximum Gasteiger partial charge on any atom is 0.103 e. The fourth-order valence-corrected chi connectivity index (χ4v) is 2.15. The highest BCUT2D eigenvalue weighted by atomic mass is 79.9. The Hall–Kier alpha value is 0.410. The van der Waals surface area contributed by atoms with E-state index in [0.29, 0.717) is 4.83 Å². The molecule has 0 saturated heterocycles. The van der Waals surface area contributed by atoms with Gasteiger partial charge in [0.25, 0.3) is 0 Å². The van der Waals surface area contributed by atoms with Gasteiger partial charge in [-0.3, -0.25) is 0 Å². The Balaban J connectivity index is 2.35. The van der Waals surface area contributed by atoms with Crippen LogP contribution in [0.5, 0.6) is 0 Å². The summed E-state index contributed by atoms with van der Waals surface area (Å²) in [6.07, 6.45) is 2.21. The van der Waals surface area contributed by atoms with Crippen LogP contribution in [0.4, 0.5) is 4.39 Å². The Labute approximate surface area is 64.0 Å². The van der Waals surface area contributed by atoms with E-state index in [1.54, 1.807) is 0 Å². The molecule has 54 valence electrons. The average Bonchev–Trinajstić information content (AvgIpc) is 1.80. The Morgan fingerprint density at radius 3 is 2.56 bits per heavy atom. The summed E-state index contributed by atoms with van der Waals surface area (Å²) in [5.41, 5.74) is 0. The van der Waals surface area contributed by atoms with Gasteiger partial charge in [0.2, 0.25) is 0 Å². The molecule has 1 rings (SSSR count). The van der Waals surface area contributed by atoms with Crippen LogP contribution >= 0.6 is 15.9 Å². The van der Waals surface area contributed by atoms with Crippen molar-refractivity contribution in [2.24, 2.45) is 5.92 Å². The molecule has 1 saturated carbocycles. The van der Waals surface area contributed by atoms with Crippen LogP contribution in [0, 0.1) is 5.92 Å². The van der Waals surface area contributed by atoms with Crippen molar-refractivity contribution < 1.29 is 4.39 Å². The molecule has 1 aliphatic carbocycles. The van der Waals surface area contributed by atoms with E-state index in [4.69, 9.17) is 0 Å². The smallest absolute Gasteiger partial charge is 0.103 e. The molecule has 0 aliphatic heterocycles. The highest BCUT2D eigenvalue weighted by molar-refractivity contribution is 9.09. The third-order valence-electron chi connectivity index (χ3n) is 2.00. The Kier molecular flexibility index (Phi) is 2.50. The second kappa shape index (κ2) is 3.00. The van der Waals surface area contributed by atoms with Crippen molar-refractivity contribution in [2.45, 2.75) is 37.2 Å². The summed E-state index contributed by atoms with van der Waals surface area (Å²) >= 11 is 3.49. The van der Waals surface area contributed by atoms with Crippen molar-refractivity contribution in [3.8, 4) is 0 Å². The van der Waals surface area contributed by atoms with E-state index in [1.807, 2.05) is 6.92 Å². The van der Waals surface area contributed by atoms with Gasteiger partial charge in [0.05, 0.1) is 0 Å². The van der Waals surface area contributed by atoms with Crippen molar-refractivity contribution >= 4 is 15.9 Å². The van der Waals surface area contributed by atoms with Crippen molar-refractivity contribution in [2.75, 3.05) is 0 Å². The normalized spacial score (nSPS) is 45.0. The predicted molar refractivity (Wildman–Crippen MR) is 40.6 cm³/mol. The molecular formula is C7H12BrF. The summed E-state index contributed by atoms with van der Waals surface area (Å²) in [7, 11) is 0. The minimum atomic E-state index is -0.543. The van der Waals surface area contributed by atoms with Crippen LogP contribution in [0.25, 0.3) is 0 Å². The zero-order valence-electron chi connectivity index (χ0n) is 5.61. The monoisotopic (exact) mass is 194 g/mol. The van der Waals surface area contributed by atoms with Gasteiger partial charge < -0.3 is 0 Å².